The highest BCUT2D eigenvalue weighted by Crippen LogP contribution is 2.27. The van der Waals surface area contributed by atoms with Crippen LogP contribution < -0.4 is 19.5 Å². The molecule has 0 fully saturated rings. The normalized spacial score (nSPS) is 11.5. The Morgan fingerprint density at radius 3 is 2.46 bits per heavy atom. The first kappa shape index (κ1) is 19.6. The van der Waals surface area contributed by atoms with Crippen LogP contribution in [-0.2, 0) is 17.6 Å². The first-order chi connectivity index (χ1) is 12.6. The maximum atomic E-state index is 12.3. The molecule has 2 aromatic rings. The molecule has 140 valence electrons. The van der Waals surface area contributed by atoms with Crippen LogP contribution in [0.5, 0.6) is 17.2 Å². The molecule has 0 aliphatic carbocycles. The van der Waals surface area contributed by atoms with Gasteiger partial charge in [-0.2, -0.15) is 0 Å². The zero-order valence-corrected chi connectivity index (χ0v) is 15.9. The fourth-order valence-corrected chi connectivity index (χ4v) is 2.66. The van der Waals surface area contributed by atoms with Crippen LogP contribution in [0.4, 0.5) is 0 Å². The van der Waals surface area contributed by atoms with Crippen molar-refractivity contribution in [2.75, 3.05) is 20.8 Å². The summed E-state index contributed by atoms with van der Waals surface area (Å²) in [4.78, 5) is 12.3. The minimum atomic E-state index is -0.548. The van der Waals surface area contributed by atoms with Crippen molar-refractivity contribution in [1.29, 1.82) is 0 Å². The molecule has 0 saturated heterocycles. The van der Waals surface area contributed by atoms with E-state index in [0.29, 0.717) is 24.5 Å². The fourth-order valence-electron chi connectivity index (χ4n) is 2.66. The first-order valence-corrected chi connectivity index (χ1v) is 8.82. The van der Waals surface area contributed by atoms with E-state index in [1.165, 1.54) is 0 Å². The topological polar surface area (TPSA) is 56.8 Å². The zero-order valence-electron chi connectivity index (χ0n) is 15.9. The van der Waals surface area contributed by atoms with Gasteiger partial charge < -0.3 is 19.5 Å². The minimum Gasteiger partial charge on any atom is -0.493 e. The van der Waals surface area contributed by atoms with E-state index in [1.54, 1.807) is 21.1 Å². The highest BCUT2D eigenvalue weighted by Gasteiger charge is 2.15. The van der Waals surface area contributed by atoms with Gasteiger partial charge in [-0.25, -0.2) is 0 Å². The average molecular weight is 357 g/mol. The monoisotopic (exact) mass is 357 g/mol. The van der Waals surface area contributed by atoms with Crippen LogP contribution in [0.2, 0.25) is 0 Å². The SMILES string of the molecule is CCc1ccccc1O[C@@H](C)C(=O)NCCc1ccc(OC)c(OC)c1. The van der Waals surface area contributed by atoms with Crippen LogP contribution in [0, 0.1) is 0 Å². The molecular formula is C21H27NO4. The third kappa shape index (κ3) is 5.15. The van der Waals surface area contributed by atoms with Crippen LogP contribution >= 0.6 is 0 Å². The predicted molar refractivity (Wildman–Crippen MR) is 102 cm³/mol. The van der Waals surface area contributed by atoms with Gasteiger partial charge in [-0.3, -0.25) is 4.79 Å². The van der Waals surface area contributed by atoms with Crippen molar-refractivity contribution in [2.24, 2.45) is 0 Å². The second-order valence-corrected chi connectivity index (χ2v) is 5.95. The number of para-hydroxylation sites is 1. The van der Waals surface area contributed by atoms with Crippen LogP contribution in [-0.4, -0.2) is 32.8 Å². The van der Waals surface area contributed by atoms with Crippen LogP contribution in [0.15, 0.2) is 42.5 Å². The van der Waals surface area contributed by atoms with E-state index in [1.807, 2.05) is 42.5 Å². The van der Waals surface area contributed by atoms with E-state index < -0.39 is 6.10 Å². The van der Waals surface area contributed by atoms with Gasteiger partial charge in [0.25, 0.3) is 5.91 Å². The number of amides is 1. The van der Waals surface area contributed by atoms with Gasteiger partial charge in [0.05, 0.1) is 14.2 Å². The quantitative estimate of drug-likeness (QED) is 0.747. The molecule has 2 aromatic carbocycles. The molecule has 1 atom stereocenters. The van der Waals surface area contributed by atoms with Crippen molar-refractivity contribution in [2.45, 2.75) is 32.8 Å². The van der Waals surface area contributed by atoms with Gasteiger partial charge >= 0.3 is 0 Å². The van der Waals surface area contributed by atoms with Crippen molar-refractivity contribution >= 4 is 5.91 Å². The van der Waals surface area contributed by atoms with Crippen molar-refractivity contribution in [3.05, 3.63) is 53.6 Å². The molecular weight excluding hydrogens is 330 g/mol. The number of benzene rings is 2. The molecule has 0 aliphatic heterocycles. The minimum absolute atomic E-state index is 0.128. The lowest BCUT2D eigenvalue weighted by molar-refractivity contribution is -0.127. The van der Waals surface area contributed by atoms with Crippen molar-refractivity contribution in [3.8, 4) is 17.2 Å². The number of ether oxygens (including phenoxy) is 3. The summed E-state index contributed by atoms with van der Waals surface area (Å²) >= 11 is 0. The van der Waals surface area contributed by atoms with E-state index in [4.69, 9.17) is 14.2 Å². The summed E-state index contributed by atoms with van der Waals surface area (Å²) in [5.74, 6) is 2.01. The maximum Gasteiger partial charge on any atom is 0.260 e. The lowest BCUT2D eigenvalue weighted by Gasteiger charge is -2.17. The van der Waals surface area contributed by atoms with Gasteiger partial charge in [0.15, 0.2) is 17.6 Å². The number of methoxy groups -OCH3 is 2. The van der Waals surface area contributed by atoms with Gasteiger partial charge in [0.2, 0.25) is 0 Å². The molecule has 0 bridgehead atoms. The standard InChI is InChI=1S/C21H27NO4/c1-5-17-8-6-7-9-18(17)26-15(2)21(23)22-13-12-16-10-11-19(24-3)20(14-16)25-4/h6-11,14-15H,5,12-13H2,1-4H3,(H,22,23)/t15-/m0/s1. The van der Waals surface area contributed by atoms with E-state index >= 15 is 0 Å². The molecule has 0 aromatic heterocycles. The molecule has 2 rings (SSSR count). The van der Waals surface area contributed by atoms with Gasteiger partial charge in [-0.05, 0) is 49.1 Å². The Kier molecular flexibility index (Phi) is 7.33. The molecule has 5 heteroatoms. The Morgan fingerprint density at radius 2 is 1.77 bits per heavy atom. The van der Waals surface area contributed by atoms with Gasteiger partial charge in [0.1, 0.15) is 5.75 Å². The maximum absolute atomic E-state index is 12.3. The van der Waals surface area contributed by atoms with Crippen LogP contribution in [0.1, 0.15) is 25.0 Å². The van der Waals surface area contributed by atoms with Gasteiger partial charge in [0, 0.05) is 6.54 Å². The highest BCUT2D eigenvalue weighted by molar-refractivity contribution is 5.80. The van der Waals surface area contributed by atoms with Crippen molar-refractivity contribution in [3.63, 3.8) is 0 Å². The predicted octanol–water partition coefficient (Wildman–Crippen LogP) is 3.39. The zero-order chi connectivity index (χ0) is 18.9. The Labute approximate surface area is 155 Å². The Morgan fingerprint density at radius 1 is 1.04 bits per heavy atom. The summed E-state index contributed by atoms with van der Waals surface area (Å²) < 4.78 is 16.3. The summed E-state index contributed by atoms with van der Waals surface area (Å²) in [6.45, 7) is 4.35. The van der Waals surface area contributed by atoms with E-state index in [0.717, 1.165) is 23.3 Å². The van der Waals surface area contributed by atoms with E-state index in [-0.39, 0.29) is 5.91 Å². The molecule has 0 saturated carbocycles. The lowest BCUT2D eigenvalue weighted by atomic mass is 10.1. The number of rotatable bonds is 9. The molecule has 0 radical (unpaired) electrons. The van der Waals surface area contributed by atoms with Gasteiger partial charge in [-0.15, -0.1) is 0 Å². The molecule has 1 N–H and O–H groups in total. The average Bonchev–Trinajstić information content (AvgIpc) is 2.68. The second kappa shape index (κ2) is 9.70. The van der Waals surface area contributed by atoms with E-state index in [9.17, 15) is 4.79 Å². The molecule has 0 unspecified atom stereocenters. The number of carbonyl (C=O) groups is 1. The molecule has 1 amide bonds. The number of carbonyl (C=O) groups excluding carboxylic acids is 1. The van der Waals surface area contributed by atoms with Crippen LogP contribution in [0.3, 0.4) is 0 Å². The number of hydrogen-bond acceptors (Lipinski definition) is 4. The van der Waals surface area contributed by atoms with Crippen LogP contribution in [0.25, 0.3) is 0 Å². The summed E-state index contributed by atoms with van der Waals surface area (Å²) in [6, 6.07) is 13.5. The molecule has 5 nitrogen and oxygen atoms in total. The second-order valence-electron chi connectivity index (χ2n) is 5.95. The first-order valence-electron chi connectivity index (χ1n) is 8.82. The highest BCUT2D eigenvalue weighted by atomic mass is 16.5. The molecule has 0 spiro atoms. The Bertz CT molecular complexity index is 730. The smallest absolute Gasteiger partial charge is 0.260 e. The Hall–Kier alpha value is -2.69. The Balaban J connectivity index is 1.86. The molecule has 26 heavy (non-hydrogen) atoms. The van der Waals surface area contributed by atoms with E-state index in [2.05, 4.69) is 12.2 Å². The number of hydrogen-bond donors (Lipinski definition) is 1. The van der Waals surface area contributed by atoms with Gasteiger partial charge in [-0.1, -0.05) is 31.2 Å². The summed E-state index contributed by atoms with van der Waals surface area (Å²) in [5.41, 5.74) is 2.16. The summed E-state index contributed by atoms with van der Waals surface area (Å²) in [6.07, 6.45) is 1.02. The molecule has 0 heterocycles. The third-order valence-corrected chi connectivity index (χ3v) is 4.19. The third-order valence-electron chi connectivity index (χ3n) is 4.19. The number of aryl methyl sites for hydroxylation is 1. The summed E-state index contributed by atoms with van der Waals surface area (Å²) in [7, 11) is 3.21. The largest absolute Gasteiger partial charge is 0.493 e. The fraction of sp³-hybridized carbons (Fsp3) is 0.381. The van der Waals surface area contributed by atoms with Crippen molar-refractivity contribution in [1.82, 2.24) is 5.32 Å². The number of nitrogens with one attached hydrogen (secondary N) is 1. The lowest BCUT2D eigenvalue weighted by Crippen LogP contribution is -2.37. The summed E-state index contributed by atoms with van der Waals surface area (Å²) in [5, 5.41) is 2.92. The molecule has 0 aliphatic rings. The van der Waals surface area contributed by atoms with Crippen molar-refractivity contribution < 1.29 is 19.0 Å².